The zero-order valence-electron chi connectivity index (χ0n) is 15.6. The molecule has 2 amide bonds. The SMILES string of the molecule is CN1CCCC2(CCCN2C(=O)c2cccc(Oc3ccccc3)c2)C1=O. The van der Waals surface area contributed by atoms with E-state index >= 15 is 0 Å². The summed E-state index contributed by atoms with van der Waals surface area (Å²) < 4.78 is 5.86. The summed E-state index contributed by atoms with van der Waals surface area (Å²) in [6, 6.07) is 16.7. The summed E-state index contributed by atoms with van der Waals surface area (Å²) in [6.07, 6.45) is 3.30. The zero-order chi connectivity index (χ0) is 18.9. The Morgan fingerprint density at radius 3 is 2.44 bits per heavy atom. The summed E-state index contributed by atoms with van der Waals surface area (Å²) in [5.74, 6) is 1.34. The molecule has 1 spiro atoms. The predicted molar refractivity (Wildman–Crippen MR) is 103 cm³/mol. The molecule has 2 aliphatic heterocycles. The number of hydrogen-bond donors (Lipinski definition) is 0. The average Bonchev–Trinajstić information content (AvgIpc) is 3.11. The number of hydrogen-bond acceptors (Lipinski definition) is 3. The molecule has 0 saturated carbocycles. The van der Waals surface area contributed by atoms with E-state index in [4.69, 9.17) is 4.74 Å². The smallest absolute Gasteiger partial charge is 0.254 e. The first-order chi connectivity index (χ1) is 13.1. The number of piperidine rings is 1. The van der Waals surface area contributed by atoms with E-state index in [1.807, 2.05) is 49.5 Å². The quantitative estimate of drug-likeness (QED) is 0.834. The van der Waals surface area contributed by atoms with Crippen LogP contribution in [-0.2, 0) is 4.79 Å². The van der Waals surface area contributed by atoms with E-state index in [-0.39, 0.29) is 11.8 Å². The van der Waals surface area contributed by atoms with Gasteiger partial charge in [0.1, 0.15) is 17.0 Å². The molecule has 2 fully saturated rings. The fourth-order valence-corrected chi connectivity index (χ4v) is 4.30. The van der Waals surface area contributed by atoms with E-state index in [0.717, 1.165) is 38.0 Å². The monoisotopic (exact) mass is 364 g/mol. The first kappa shape index (κ1) is 17.6. The molecule has 2 aromatic carbocycles. The van der Waals surface area contributed by atoms with Gasteiger partial charge in [0, 0.05) is 25.7 Å². The van der Waals surface area contributed by atoms with Gasteiger partial charge in [0.25, 0.3) is 5.91 Å². The molecule has 0 N–H and O–H groups in total. The molecule has 5 heteroatoms. The molecule has 5 nitrogen and oxygen atoms in total. The molecule has 2 heterocycles. The van der Waals surface area contributed by atoms with Crippen molar-refractivity contribution in [1.82, 2.24) is 9.80 Å². The minimum absolute atomic E-state index is 0.0799. The standard InChI is InChI=1S/C22H24N2O3/c1-23-14-6-12-22(21(23)26)13-7-15-24(22)20(25)17-8-5-11-19(16-17)27-18-9-3-2-4-10-18/h2-5,8-11,16H,6-7,12-15H2,1H3. The van der Waals surface area contributed by atoms with Crippen LogP contribution in [0.3, 0.4) is 0 Å². The second-order valence-electron chi connectivity index (χ2n) is 7.37. The lowest BCUT2D eigenvalue weighted by Crippen LogP contribution is -2.60. The van der Waals surface area contributed by atoms with Crippen LogP contribution in [0.1, 0.15) is 36.0 Å². The highest BCUT2D eigenvalue weighted by Gasteiger charge is 2.52. The summed E-state index contributed by atoms with van der Waals surface area (Å²) in [5.41, 5.74) is -0.105. The van der Waals surface area contributed by atoms with Gasteiger partial charge in [-0.3, -0.25) is 9.59 Å². The average molecular weight is 364 g/mol. The van der Waals surface area contributed by atoms with Gasteiger partial charge in [0.2, 0.25) is 5.91 Å². The summed E-state index contributed by atoms with van der Waals surface area (Å²) in [4.78, 5) is 29.8. The molecule has 27 heavy (non-hydrogen) atoms. The summed E-state index contributed by atoms with van der Waals surface area (Å²) in [7, 11) is 1.83. The third-order valence-corrected chi connectivity index (χ3v) is 5.62. The number of rotatable bonds is 3. The molecule has 2 aliphatic rings. The lowest BCUT2D eigenvalue weighted by atomic mass is 9.85. The predicted octanol–water partition coefficient (Wildman–Crippen LogP) is 3.71. The molecule has 2 aromatic rings. The number of carbonyl (C=O) groups excluding carboxylic acids is 2. The number of ether oxygens (including phenoxy) is 1. The number of likely N-dealkylation sites (N-methyl/N-ethyl adjacent to an activating group) is 1. The number of para-hydroxylation sites is 1. The first-order valence-corrected chi connectivity index (χ1v) is 9.51. The van der Waals surface area contributed by atoms with Crippen molar-refractivity contribution in [3.05, 3.63) is 60.2 Å². The van der Waals surface area contributed by atoms with Crippen LogP contribution in [0.5, 0.6) is 11.5 Å². The number of likely N-dealkylation sites (tertiary alicyclic amines) is 2. The molecule has 1 unspecified atom stereocenters. The molecule has 0 bridgehead atoms. The molecule has 2 saturated heterocycles. The Bertz CT molecular complexity index is 852. The molecule has 1 atom stereocenters. The Balaban J connectivity index is 1.59. The van der Waals surface area contributed by atoms with Crippen LogP contribution in [-0.4, -0.2) is 47.3 Å². The van der Waals surface area contributed by atoms with E-state index in [9.17, 15) is 9.59 Å². The van der Waals surface area contributed by atoms with Crippen molar-refractivity contribution in [2.45, 2.75) is 31.2 Å². The Kier molecular flexibility index (Phi) is 4.60. The van der Waals surface area contributed by atoms with Crippen LogP contribution in [0.2, 0.25) is 0 Å². The van der Waals surface area contributed by atoms with E-state index in [1.54, 1.807) is 21.9 Å². The van der Waals surface area contributed by atoms with Crippen molar-refractivity contribution in [2.24, 2.45) is 0 Å². The van der Waals surface area contributed by atoms with Gasteiger partial charge in [0.05, 0.1) is 0 Å². The summed E-state index contributed by atoms with van der Waals surface area (Å²) in [5, 5.41) is 0. The maximum absolute atomic E-state index is 13.3. The van der Waals surface area contributed by atoms with Crippen LogP contribution in [0, 0.1) is 0 Å². The lowest BCUT2D eigenvalue weighted by molar-refractivity contribution is -0.144. The Morgan fingerprint density at radius 2 is 1.67 bits per heavy atom. The maximum Gasteiger partial charge on any atom is 0.254 e. The van der Waals surface area contributed by atoms with E-state index < -0.39 is 5.54 Å². The van der Waals surface area contributed by atoms with Gasteiger partial charge < -0.3 is 14.5 Å². The molecule has 140 valence electrons. The second-order valence-corrected chi connectivity index (χ2v) is 7.37. The minimum Gasteiger partial charge on any atom is -0.457 e. The summed E-state index contributed by atoms with van der Waals surface area (Å²) in [6.45, 7) is 1.39. The Hall–Kier alpha value is -2.82. The second kappa shape index (κ2) is 7.06. The Labute approximate surface area is 159 Å². The minimum atomic E-state index is -0.666. The van der Waals surface area contributed by atoms with E-state index in [0.29, 0.717) is 17.9 Å². The third kappa shape index (κ3) is 3.18. The molecule has 0 aromatic heterocycles. The molecule has 0 radical (unpaired) electrons. The highest BCUT2D eigenvalue weighted by atomic mass is 16.5. The van der Waals surface area contributed by atoms with Crippen LogP contribution >= 0.6 is 0 Å². The number of benzene rings is 2. The maximum atomic E-state index is 13.3. The van der Waals surface area contributed by atoms with Crippen LogP contribution in [0.4, 0.5) is 0 Å². The number of carbonyl (C=O) groups is 2. The van der Waals surface area contributed by atoms with Crippen molar-refractivity contribution in [3.8, 4) is 11.5 Å². The zero-order valence-corrected chi connectivity index (χ0v) is 15.6. The van der Waals surface area contributed by atoms with Crippen LogP contribution < -0.4 is 4.74 Å². The molecule has 4 rings (SSSR count). The van der Waals surface area contributed by atoms with Crippen LogP contribution in [0.15, 0.2) is 54.6 Å². The summed E-state index contributed by atoms with van der Waals surface area (Å²) >= 11 is 0. The molecular formula is C22H24N2O3. The van der Waals surface area contributed by atoms with Crippen LogP contribution in [0.25, 0.3) is 0 Å². The van der Waals surface area contributed by atoms with Crippen molar-refractivity contribution in [2.75, 3.05) is 20.1 Å². The number of nitrogens with zero attached hydrogens (tertiary/aromatic N) is 2. The van der Waals surface area contributed by atoms with Gasteiger partial charge in [-0.1, -0.05) is 24.3 Å². The number of amides is 2. The fourth-order valence-electron chi connectivity index (χ4n) is 4.30. The lowest BCUT2D eigenvalue weighted by Gasteiger charge is -2.43. The van der Waals surface area contributed by atoms with Gasteiger partial charge in [-0.25, -0.2) is 0 Å². The molecule has 0 aliphatic carbocycles. The normalized spacial score (nSPS) is 22.3. The first-order valence-electron chi connectivity index (χ1n) is 9.51. The highest BCUT2D eigenvalue weighted by Crippen LogP contribution is 2.39. The van der Waals surface area contributed by atoms with Crippen molar-refractivity contribution in [3.63, 3.8) is 0 Å². The van der Waals surface area contributed by atoms with Gasteiger partial charge in [-0.15, -0.1) is 0 Å². The highest BCUT2D eigenvalue weighted by molar-refractivity contribution is 6.00. The molecular weight excluding hydrogens is 340 g/mol. The topological polar surface area (TPSA) is 49.9 Å². The van der Waals surface area contributed by atoms with Crippen molar-refractivity contribution >= 4 is 11.8 Å². The fraction of sp³-hybridized carbons (Fsp3) is 0.364. The van der Waals surface area contributed by atoms with E-state index in [1.165, 1.54) is 0 Å². The van der Waals surface area contributed by atoms with Crippen molar-refractivity contribution in [1.29, 1.82) is 0 Å². The Morgan fingerprint density at radius 1 is 0.963 bits per heavy atom. The van der Waals surface area contributed by atoms with Crippen molar-refractivity contribution < 1.29 is 14.3 Å². The third-order valence-electron chi connectivity index (χ3n) is 5.62. The van der Waals surface area contributed by atoms with Gasteiger partial charge in [-0.05, 0) is 56.0 Å². The van der Waals surface area contributed by atoms with E-state index in [2.05, 4.69) is 0 Å². The largest absolute Gasteiger partial charge is 0.457 e. The van der Waals surface area contributed by atoms with Gasteiger partial charge in [0.15, 0.2) is 0 Å². The van der Waals surface area contributed by atoms with Gasteiger partial charge >= 0.3 is 0 Å². The van der Waals surface area contributed by atoms with Gasteiger partial charge in [-0.2, -0.15) is 0 Å².